The highest BCUT2D eigenvalue weighted by molar-refractivity contribution is 5.89. The topological polar surface area (TPSA) is 88.5 Å². The summed E-state index contributed by atoms with van der Waals surface area (Å²) in [6, 6.07) is 0.270. The molecule has 2 heterocycles. The van der Waals surface area contributed by atoms with Crippen LogP contribution in [0, 0.1) is 0 Å². The van der Waals surface area contributed by atoms with Crippen molar-refractivity contribution in [3.05, 3.63) is 24.3 Å². The Bertz CT molecular complexity index is 681. The van der Waals surface area contributed by atoms with Gasteiger partial charge in [0, 0.05) is 12.6 Å². The largest absolute Gasteiger partial charge is 0.330 e. The van der Waals surface area contributed by atoms with E-state index in [-0.39, 0.29) is 11.9 Å². The molecule has 7 nitrogen and oxygen atoms in total. The molecule has 2 aromatic rings. The van der Waals surface area contributed by atoms with E-state index >= 15 is 0 Å². The van der Waals surface area contributed by atoms with Crippen molar-refractivity contribution in [2.75, 3.05) is 26.0 Å². The number of anilines is 1. The van der Waals surface area contributed by atoms with E-state index in [2.05, 4.69) is 41.2 Å². The molecule has 0 saturated carbocycles. The van der Waals surface area contributed by atoms with Gasteiger partial charge in [0.15, 0.2) is 5.65 Å². The summed E-state index contributed by atoms with van der Waals surface area (Å²) in [7, 11) is 4.10. The molecule has 0 aliphatic rings. The van der Waals surface area contributed by atoms with Crippen LogP contribution in [0.25, 0.3) is 5.65 Å². The van der Waals surface area contributed by atoms with Crippen LogP contribution in [0.4, 0.5) is 5.82 Å². The first kappa shape index (κ1) is 19.3. The first-order chi connectivity index (χ1) is 12.0. The summed E-state index contributed by atoms with van der Waals surface area (Å²) in [5.74, 6) is 0.556. The number of nitrogens with one attached hydrogen (secondary N) is 1. The number of hydrogen-bond acceptors (Lipinski definition) is 5. The Hall–Kier alpha value is -1.99. The molecular weight excluding hydrogens is 316 g/mol. The molecule has 2 rings (SSSR count). The number of fused-ring (bicyclic) bond motifs is 1. The number of aromatic nitrogens is 3. The number of nitrogens with two attached hydrogens (primary N) is 1. The van der Waals surface area contributed by atoms with Crippen molar-refractivity contribution in [2.45, 2.75) is 51.5 Å². The second-order valence-corrected chi connectivity index (χ2v) is 6.59. The first-order valence-electron chi connectivity index (χ1n) is 9.06. The fourth-order valence-corrected chi connectivity index (χ4v) is 2.97. The van der Waals surface area contributed by atoms with Gasteiger partial charge in [-0.15, -0.1) is 0 Å². The highest BCUT2D eigenvalue weighted by Gasteiger charge is 2.16. The number of hydrogen-bond donors (Lipinski definition) is 2. The molecule has 3 N–H and O–H groups in total. The van der Waals surface area contributed by atoms with Crippen molar-refractivity contribution in [3.8, 4) is 0 Å². The van der Waals surface area contributed by atoms with Gasteiger partial charge < -0.3 is 20.4 Å². The zero-order valence-corrected chi connectivity index (χ0v) is 15.5. The number of imidazole rings is 1. The Morgan fingerprint density at radius 1 is 1.28 bits per heavy atom. The first-order valence-corrected chi connectivity index (χ1v) is 9.06. The Labute approximate surface area is 149 Å². The zero-order chi connectivity index (χ0) is 18.2. The quantitative estimate of drug-likeness (QED) is 0.646. The van der Waals surface area contributed by atoms with E-state index in [9.17, 15) is 4.79 Å². The number of amides is 1. The molecule has 0 saturated heterocycles. The van der Waals surface area contributed by atoms with E-state index in [1.165, 1.54) is 0 Å². The van der Waals surface area contributed by atoms with E-state index in [4.69, 9.17) is 5.73 Å². The summed E-state index contributed by atoms with van der Waals surface area (Å²) < 4.78 is 1.92. The van der Waals surface area contributed by atoms with Crippen LogP contribution >= 0.6 is 0 Å². The van der Waals surface area contributed by atoms with Gasteiger partial charge in [0.05, 0.1) is 24.1 Å². The van der Waals surface area contributed by atoms with Gasteiger partial charge in [0.1, 0.15) is 5.82 Å². The molecule has 1 amide bonds. The number of unbranched alkanes of at least 4 members (excludes halogenated alkanes) is 3. The SMILES string of the molecule is CCC(c1cn2cc(NC(=O)CCCCCCN)ncc2n1)N(C)C. The molecule has 0 spiro atoms. The van der Waals surface area contributed by atoms with E-state index < -0.39 is 0 Å². The van der Waals surface area contributed by atoms with Gasteiger partial charge in [-0.3, -0.25) is 4.79 Å². The van der Waals surface area contributed by atoms with Crippen molar-refractivity contribution in [1.29, 1.82) is 0 Å². The molecule has 1 atom stereocenters. The van der Waals surface area contributed by atoms with Crippen LogP contribution in [0.3, 0.4) is 0 Å². The third-order valence-corrected chi connectivity index (χ3v) is 4.34. The van der Waals surface area contributed by atoms with E-state index in [1.54, 1.807) is 6.20 Å². The van der Waals surface area contributed by atoms with Crippen molar-refractivity contribution in [1.82, 2.24) is 19.3 Å². The lowest BCUT2D eigenvalue weighted by Crippen LogP contribution is -2.19. The summed E-state index contributed by atoms with van der Waals surface area (Å²) in [5.41, 5.74) is 7.27. The third-order valence-electron chi connectivity index (χ3n) is 4.34. The van der Waals surface area contributed by atoms with E-state index in [1.807, 2.05) is 16.8 Å². The van der Waals surface area contributed by atoms with Crippen molar-refractivity contribution < 1.29 is 4.79 Å². The Morgan fingerprint density at radius 2 is 2.04 bits per heavy atom. The summed E-state index contributed by atoms with van der Waals surface area (Å²) in [5, 5.41) is 2.87. The molecule has 0 aliphatic heterocycles. The summed E-state index contributed by atoms with van der Waals surface area (Å²) in [6.07, 6.45) is 11.0. The van der Waals surface area contributed by atoms with Crippen LogP contribution in [0.5, 0.6) is 0 Å². The normalized spacial score (nSPS) is 12.7. The molecule has 25 heavy (non-hydrogen) atoms. The lowest BCUT2D eigenvalue weighted by atomic mass is 10.1. The Kier molecular flexibility index (Phi) is 7.33. The molecule has 0 bridgehead atoms. The average molecular weight is 346 g/mol. The highest BCUT2D eigenvalue weighted by Crippen LogP contribution is 2.21. The molecule has 138 valence electrons. The average Bonchev–Trinajstić information content (AvgIpc) is 2.97. The van der Waals surface area contributed by atoms with Gasteiger partial charge in [-0.1, -0.05) is 19.8 Å². The highest BCUT2D eigenvalue weighted by atomic mass is 16.1. The van der Waals surface area contributed by atoms with Gasteiger partial charge in [0.2, 0.25) is 5.91 Å². The van der Waals surface area contributed by atoms with Crippen LogP contribution in [0.15, 0.2) is 18.6 Å². The molecule has 2 aromatic heterocycles. The Morgan fingerprint density at radius 3 is 2.72 bits per heavy atom. The van der Waals surface area contributed by atoms with Crippen LogP contribution in [0.1, 0.15) is 57.2 Å². The molecule has 0 aromatic carbocycles. The summed E-state index contributed by atoms with van der Waals surface area (Å²) >= 11 is 0. The van der Waals surface area contributed by atoms with Crippen LogP contribution < -0.4 is 11.1 Å². The van der Waals surface area contributed by atoms with Crippen molar-refractivity contribution in [2.24, 2.45) is 5.73 Å². The maximum absolute atomic E-state index is 12.0. The van der Waals surface area contributed by atoms with E-state index in [0.717, 1.165) is 50.0 Å². The summed E-state index contributed by atoms with van der Waals surface area (Å²) in [6.45, 7) is 2.86. The van der Waals surface area contributed by atoms with Crippen LogP contribution in [0.2, 0.25) is 0 Å². The molecule has 0 aliphatic carbocycles. The standard InChI is InChI=1S/C18H30N6O/c1-4-15(23(2)3)14-12-24-13-16(20-11-17(24)21-14)22-18(25)9-7-5-6-8-10-19/h11-13,15H,4-10,19H2,1-3H3,(H,22,25). The molecule has 0 fully saturated rings. The number of nitrogens with zero attached hydrogens (tertiary/aromatic N) is 4. The van der Waals surface area contributed by atoms with Crippen LogP contribution in [-0.4, -0.2) is 45.8 Å². The van der Waals surface area contributed by atoms with Gasteiger partial charge in [-0.25, -0.2) is 9.97 Å². The van der Waals surface area contributed by atoms with Crippen molar-refractivity contribution >= 4 is 17.4 Å². The van der Waals surface area contributed by atoms with Gasteiger partial charge in [-0.05, 0) is 39.9 Å². The minimum atomic E-state index is -0.000312. The minimum absolute atomic E-state index is 0.000312. The van der Waals surface area contributed by atoms with Gasteiger partial charge in [-0.2, -0.15) is 0 Å². The van der Waals surface area contributed by atoms with Gasteiger partial charge >= 0.3 is 0 Å². The maximum Gasteiger partial charge on any atom is 0.225 e. The zero-order valence-electron chi connectivity index (χ0n) is 15.5. The van der Waals surface area contributed by atoms with Crippen molar-refractivity contribution in [3.63, 3.8) is 0 Å². The summed E-state index contributed by atoms with van der Waals surface area (Å²) in [4.78, 5) is 23.1. The van der Waals surface area contributed by atoms with E-state index in [0.29, 0.717) is 12.2 Å². The lowest BCUT2D eigenvalue weighted by Gasteiger charge is -2.20. The molecule has 7 heteroatoms. The Balaban J connectivity index is 1.97. The fourth-order valence-electron chi connectivity index (χ4n) is 2.97. The predicted octanol–water partition coefficient (Wildman–Crippen LogP) is 2.59. The number of carbonyl (C=O) groups is 1. The van der Waals surface area contributed by atoms with Crippen LogP contribution in [-0.2, 0) is 4.79 Å². The minimum Gasteiger partial charge on any atom is -0.330 e. The monoisotopic (exact) mass is 346 g/mol. The number of carbonyl (C=O) groups excluding carboxylic acids is 1. The molecule has 1 unspecified atom stereocenters. The fraction of sp³-hybridized carbons (Fsp3) is 0.611. The van der Waals surface area contributed by atoms with Gasteiger partial charge in [0.25, 0.3) is 0 Å². The second kappa shape index (κ2) is 9.48. The second-order valence-electron chi connectivity index (χ2n) is 6.59. The molecular formula is C18H30N6O. The maximum atomic E-state index is 12.0. The third kappa shape index (κ3) is 5.51. The lowest BCUT2D eigenvalue weighted by molar-refractivity contribution is -0.116. The predicted molar refractivity (Wildman–Crippen MR) is 100 cm³/mol. The smallest absolute Gasteiger partial charge is 0.225 e. The molecule has 0 radical (unpaired) electrons. The number of rotatable bonds is 10.